The number of imide groups is 1. The fourth-order valence-corrected chi connectivity index (χ4v) is 12.1. The van der Waals surface area contributed by atoms with Gasteiger partial charge in [0.2, 0.25) is 53.2 Å². The Morgan fingerprint density at radius 3 is 1.95 bits per heavy atom. The molecule has 2 fully saturated rings. The third kappa shape index (κ3) is 25.3. The Bertz CT molecular complexity index is 2860. The van der Waals surface area contributed by atoms with Crippen molar-refractivity contribution in [2.24, 2.45) is 35.3 Å². The first-order valence-electron chi connectivity index (χ1n) is 32.9. The molecule has 28 heteroatoms. The van der Waals surface area contributed by atoms with E-state index in [9.17, 15) is 57.8 Å². The monoisotopic (exact) mass is 1420 g/mol. The Labute approximate surface area is 590 Å². The number of likely N-dealkylation sites (N-methyl/N-ethyl adjacent to an activating group) is 1. The van der Waals surface area contributed by atoms with Crippen molar-refractivity contribution in [3.05, 3.63) is 65.7 Å². The third-order valence-corrected chi connectivity index (χ3v) is 18.0. The molecule has 0 aliphatic carbocycles. The second-order valence-electron chi connectivity index (χ2n) is 25.8. The number of carbonyl (C=O) groups is 11. The average Bonchev–Trinajstić information content (AvgIpc) is 1.78. The molecular weight excluding hydrogens is 1320 g/mol. The molecule has 0 saturated carbocycles. The van der Waals surface area contributed by atoms with Crippen LogP contribution >= 0.6 is 0 Å². The number of amides is 12. The largest absolute Gasteiger partial charge is 0.779 e. The topological polar surface area (TPSA) is 356 Å². The van der Waals surface area contributed by atoms with Gasteiger partial charge in [-0.15, -0.1) is 0 Å². The summed E-state index contributed by atoms with van der Waals surface area (Å²) in [7, 11) is 4.41. The summed E-state index contributed by atoms with van der Waals surface area (Å²) in [5.74, 6) is -6.10. The van der Waals surface area contributed by atoms with E-state index in [1.165, 1.54) is 21.3 Å². The molecule has 0 spiro atoms. The summed E-state index contributed by atoms with van der Waals surface area (Å²) in [5.41, 5.74) is 6.76. The number of nitrogens with one attached hydrogen (secondary N) is 7. The number of anilines is 1. The van der Waals surface area contributed by atoms with E-state index in [-0.39, 0.29) is 120 Å². The van der Waals surface area contributed by atoms with E-state index >= 15 is 0 Å². The number of rotatable bonds is 38. The smallest absolute Gasteiger partial charge is 0.410 e. The molecule has 2 aromatic carbocycles. The van der Waals surface area contributed by atoms with Crippen molar-refractivity contribution in [1.29, 1.82) is 0 Å². The summed E-state index contributed by atoms with van der Waals surface area (Å²) in [6, 6.07) is 8.63. The number of methoxy groups -OCH3 is 2. The molecule has 0 aromatic heterocycles. The number of nitrogens with zero attached hydrogens (tertiary/aromatic N) is 3. The zero-order valence-electron chi connectivity index (χ0n) is 57.6. The fourth-order valence-electron chi connectivity index (χ4n) is 11.8. The van der Waals surface area contributed by atoms with E-state index in [0.29, 0.717) is 61.9 Å². The molecule has 2 aliphatic heterocycles. The van der Waals surface area contributed by atoms with E-state index in [0.717, 1.165) is 9.80 Å². The van der Waals surface area contributed by atoms with Crippen LogP contribution in [0.15, 0.2) is 54.6 Å². The second kappa shape index (κ2) is 41.1. The number of carbonyl (C=O) groups excluding carboxylic acids is 11. The molecule has 0 bridgehead atoms. The zero-order valence-corrected chi connectivity index (χ0v) is 61.3. The predicted octanol–water partition coefficient (Wildman–Crippen LogP) is 4.48. The Hall–Kier alpha value is -6.26. The van der Waals surface area contributed by atoms with Crippen LogP contribution in [0.25, 0.3) is 0 Å². The van der Waals surface area contributed by atoms with Gasteiger partial charge in [0.25, 0.3) is 0 Å². The zero-order chi connectivity index (χ0) is 70.1. The fraction of sp³-hybridized carbons (Fsp3) is 0.657. The summed E-state index contributed by atoms with van der Waals surface area (Å²) < 4.78 is 17.6. The van der Waals surface area contributed by atoms with Gasteiger partial charge in [-0.1, -0.05) is 123 Å². The number of urea groups is 1. The van der Waals surface area contributed by atoms with Crippen LogP contribution in [0.3, 0.4) is 0 Å². The number of hydrogen-bond acceptors (Lipinski definition) is 16. The van der Waals surface area contributed by atoms with Gasteiger partial charge in [0, 0.05) is 92.1 Å². The first-order chi connectivity index (χ1) is 44.4. The van der Waals surface area contributed by atoms with Crippen LogP contribution in [0.1, 0.15) is 157 Å². The first-order valence-corrected chi connectivity index (χ1v) is 33.3. The van der Waals surface area contributed by atoms with Crippen molar-refractivity contribution in [1.82, 2.24) is 46.6 Å². The number of unbranched alkanes of at least 4 members (excludes halogenated alkanes) is 2. The molecule has 2 aliphatic rings. The number of aliphatic hydroxyl groups is 1. The quantitative estimate of drug-likeness (QED) is 0.0254. The van der Waals surface area contributed by atoms with Crippen LogP contribution in [0.4, 0.5) is 15.3 Å². The summed E-state index contributed by atoms with van der Waals surface area (Å²) >= 11 is 5.03. The average molecular weight is 1420 g/mol. The van der Waals surface area contributed by atoms with Crippen molar-refractivity contribution in [3.63, 3.8) is 0 Å². The molecule has 527 valence electrons. The molecule has 10 N–H and O–H groups in total. The molecule has 13 atom stereocenters. The molecular formula is C67H104N11O15SY-. The van der Waals surface area contributed by atoms with Gasteiger partial charge in [-0.05, 0) is 92.4 Å². The number of primary amides is 1. The maximum absolute atomic E-state index is 14.4. The second-order valence-corrected chi connectivity index (χ2v) is 26.3. The van der Waals surface area contributed by atoms with Crippen LogP contribution < -0.4 is 43.0 Å². The van der Waals surface area contributed by atoms with Gasteiger partial charge in [0.05, 0.1) is 48.8 Å². The van der Waals surface area contributed by atoms with Crippen molar-refractivity contribution in [3.8, 4) is 0 Å². The van der Waals surface area contributed by atoms with Crippen molar-refractivity contribution < 1.29 is 105 Å². The number of aliphatic hydroxyl groups excluding tert-OH is 1. The van der Waals surface area contributed by atoms with E-state index in [2.05, 4.69) is 37.2 Å². The van der Waals surface area contributed by atoms with Crippen molar-refractivity contribution >= 4 is 83.6 Å². The maximum atomic E-state index is 14.4. The molecule has 26 nitrogen and oxygen atoms in total. The standard InChI is InChI=1S/C67H105N11O15S.Y/c1-14-41(8)56(49(91-12)35-52(80)77-34-22-26-48(77)59(92-13)42(9)60(83)70-43(10)58(82)45-23-17-15-18-24-45)75-63(86)55(39(4)5)74-64(87)57(40(6)7)76(11)67(90)93-37-44-28-30-46(31-29-44)71-61(84)47(25-21-32-69-66(68)89)72-62(85)54(38(2)3)73-51(79)27-19-16-20-33-78-53(81)36-50(94)65(78)88;/h15,17-18,23-24,28-31,38-43,47-50,54-59,82,94H,14,16,19-22,25-27,32-37H2,1-13H3,(H,70,83)(H,71,84)(H,72,85)(H,73,79)(H,74,87)(H,75,86)(H3,68,69,89);/p-1. The van der Waals surface area contributed by atoms with Crippen molar-refractivity contribution in [2.75, 3.05) is 46.2 Å². The minimum Gasteiger partial charge on any atom is -0.779 e. The van der Waals surface area contributed by atoms with Gasteiger partial charge in [0.1, 0.15) is 30.8 Å². The van der Waals surface area contributed by atoms with Crippen molar-refractivity contribution in [2.45, 2.75) is 212 Å². The van der Waals surface area contributed by atoms with E-state index in [1.54, 1.807) is 96.7 Å². The van der Waals surface area contributed by atoms with Gasteiger partial charge in [-0.3, -0.25) is 53.0 Å². The summed E-state index contributed by atoms with van der Waals surface area (Å²) in [6.45, 7) is 18.4. The van der Waals surface area contributed by atoms with Gasteiger partial charge < -0.3 is 79.8 Å². The van der Waals surface area contributed by atoms with Gasteiger partial charge in [-0.25, -0.2) is 9.59 Å². The Morgan fingerprint density at radius 1 is 0.747 bits per heavy atom. The molecule has 4 rings (SSSR count). The van der Waals surface area contributed by atoms with Crippen LogP contribution in [0.5, 0.6) is 0 Å². The number of ether oxygens (including phenoxy) is 3. The van der Waals surface area contributed by atoms with E-state index in [4.69, 9.17) is 32.6 Å². The Morgan fingerprint density at radius 2 is 1.38 bits per heavy atom. The van der Waals surface area contributed by atoms with Gasteiger partial charge in [0.15, 0.2) is 0 Å². The summed E-state index contributed by atoms with van der Waals surface area (Å²) in [4.78, 5) is 151. The van der Waals surface area contributed by atoms with Crippen LogP contribution in [0.2, 0.25) is 0 Å². The number of benzene rings is 2. The van der Waals surface area contributed by atoms with E-state index < -0.39 is 125 Å². The molecule has 13 unspecified atom stereocenters. The molecule has 2 aromatic rings. The third-order valence-electron chi connectivity index (χ3n) is 17.6. The summed E-state index contributed by atoms with van der Waals surface area (Å²) in [6.07, 6.45) is 0.427. The van der Waals surface area contributed by atoms with Gasteiger partial charge in [-0.2, -0.15) is 0 Å². The minimum atomic E-state index is -1.12. The first kappa shape index (κ1) is 83.0. The van der Waals surface area contributed by atoms with E-state index in [1.807, 2.05) is 32.0 Å². The molecule has 2 saturated heterocycles. The number of hydrogen-bond donors (Lipinski definition) is 9. The SMILES string of the molecule is CCC(C)C(NC(=O)C(NC(=O)C(C(C)C)N(C)C(=O)OCc1ccc(NC(=O)C(CCCNC(N)=O)NC(=O)C(NC(=O)CCCCCN2C(=O)CC([S-])C2=O)C(C)C)cc1)C(C)C)C(CC(=O)N1CCCC1C(OC)C(C)C(=O)NC(C)C(O)c1ccccc1)OC.[Y]. The predicted molar refractivity (Wildman–Crippen MR) is 355 cm³/mol. The molecule has 1 radical (unpaired) electrons. The maximum Gasteiger partial charge on any atom is 0.410 e. The molecule has 2 heterocycles. The normalized spacial score (nSPS) is 18.2. The van der Waals surface area contributed by atoms with Gasteiger partial charge >= 0.3 is 12.1 Å². The number of nitrogens with two attached hydrogens (primary N) is 1. The molecule has 12 amide bonds. The van der Waals surface area contributed by atoms with Crippen LogP contribution in [-0.2, 0) is 109 Å². The van der Waals surface area contributed by atoms with Crippen LogP contribution in [-0.4, -0.2) is 186 Å². The molecule has 95 heavy (non-hydrogen) atoms. The minimum absolute atomic E-state index is 0. The van der Waals surface area contributed by atoms with Crippen LogP contribution in [0, 0.1) is 29.6 Å². The summed E-state index contributed by atoms with van der Waals surface area (Å²) in [5, 5.41) is 29.9. The Balaban J connectivity index is 0.0000235. The Kier molecular flexibility index (Phi) is 35.9. The number of likely N-dealkylation sites (tertiary alicyclic amines) is 2.